The number of fused-ring (bicyclic) bond motifs is 1. The molecule has 1 aliphatic rings. The molecule has 0 fully saturated rings. The summed E-state index contributed by atoms with van der Waals surface area (Å²) in [6.07, 6.45) is 0.919. The number of amides is 1. The summed E-state index contributed by atoms with van der Waals surface area (Å²) in [5.74, 6) is -1.34. The topological polar surface area (TPSA) is 111 Å². The van der Waals surface area contributed by atoms with Gasteiger partial charge in [-0.05, 0) is 0 Å². The number of carbonyl (C=O) groups is 2. The summed E-state index contributed by atoms with van der Waals surface area (Å²) in [6.45, 7) is 0. The van der Waals surface area contributed by atoms with Crippen LogP contribution in [-0.2, 0) is 28.4 Å². The van der Waals surface area contributed by atoms with Crippen LogP contribution in [0.1, 0.15) is 0 Å². The average molecular weight is 280 g/mol. The van der Waals surface area contributed by atoms with Crippen LogP contribution in [0.15, 0.2) is 21.4 Å². The van der Waals surface area contributed by atoms with Crippen molar-refractivity contribution in [3.63, 3.8) is 0 Å². The predicted octanol–water partition coefficient (Wildman–Crippen LogP) is -1.50. The number of anilines is 2. The molecular formula is C11H12N4O5. The zero-order valence-electron chi connectivity index (χ0n) is 11.0. The SMILES string of the molecule is COC(=O)C=C1Nc2c(n(C)c(=O)n(C)c2=O)NC1=O. The first-order valence-electron chi connectivity index (χ1n) is 5.55. The molecule has 1 aromatic rings. The van der Waals surface area contributed by atoms with Crippen molar-refractivity contribution in [1.82, 2.24) is 9.13 Å². The monoisotopic (exact) mass is 280 g/mol. The van der Waals surface area contributed by atoms with E-state index in [0.717, 1.165) is 22.3 Å². The van der Waals surface area contributed by atoms with Crippen LogP contribution >= 0.6 is 0 Å². The molecule has 1 amide bonds. The molecule has 2 rings (SSSR count). The first-order valence-corrected chi connectivity index (χ1v) is 5.55. The van der Waals surface area contributed by atoms with Gasteiger partial charge in [0.05, 0.1) is 13.2 Å². The van der Waals surface area contributed by atoms with Crippen molar-refractivity contribution in [3.8, 4) is 0 Å². The van der Waals surface area contributed by atoms with Crippen molar-refractivity contribution in [2.75, 3.05) is 17.7 Å². The highest BCUT2D eigenvalue weighted by atomic mass is 16.5. The number of hydrogen-bond acceptors (Lipinski definition) is 6. The van der Waals surface area contributed by atoms with Gasteiger partial charge < -0.3 is 15.4 Å². The Bertz CT molecular complexity index is 755. The second-order valence-electron chi connectivity index (χ2n) is 4.09. The maximum absolute atomic E-state index is 12.0. The Labute approximate surface area is 112 Å². The minimum Gasteiger partial charge on any atom is -0.466 e. The Hall–Kier alpha value is -2.84. The summed E-state index contributed by atoms with van der Waals surface area (Å²) >= 11 is 0. The molecule has 0 bridgehead atoms. The maximum Gasteiger partial charge on any atom is 0.332 e. The van der Waals surface area contributed by atoms with Gasteiger partial charge in [-0.25, -0.2) is 9.59 Å². The van der Waals surface area contributed by atoms with E-state index in [1.807, 2.05) is 0 Å². The second-order valence-corrected chi connectivity index (χ2v) is 4.09. The number of nitrogens with one attached hydrogen (secondary N) is 2. The molecule has 0 unspecified atom stereocenters. The quantitative estimate of drug-likeness (QED) is 0.478. The van der Waals surface area contributed by atoms with Crippen LogP contribution in [0.2, 0.25) is 0 Å². The number of aromatic nitrogens is 2. The van der Waals surface area contributed by atoms with Crippen LogP contribution in [-0.4, -0.2) is 28.1 Å². The van der Waals surface area contributed by atoms with Gasteiger partial charge in [0.15, 0.2) is 0 Å². The number of ether oxygens (including phenoxy) is 1. The fourth-order valence-corrected chi connectivity index (χ4v) is 1.75. The van der Waals surface area contributed by atoms with Crippen molar-refractivity contribution in [2.24, 2.45) is 14.1 Å². The summed E-state index contributed by atoms with van der Waals surface area (Å²) in [4.78, 5) is 46.7. The van der Waals surface area contributed by atoms with Gasteiger partial charge in [0.25, 0.3) is 11.5 Å². The molecule has 0 saturated heterocycles. The van der Waals surface area contributed by atoms with E-state index in [1.54, 1.807) is 0 Å². The standard InChI is InChI=1S/C11H12N4O5/c1-14-8-7(10(18)15(2)11(14)19)12-5(9(17)13-8)4-6(16)20-3/h4,12H,1-3H3,(H,13,17). The van der Waals surface area contributed by atoms with Crippen molar-refractivity contribution >= 4 is 23.4 Å². The third-order valence-corrected chi connectivity index (χ3v) is 2.86. The molecule has 20 heavy (non-hydrogen) atoms. The number of hydrogen-bond donors (Lipinski definition) is 2. The van der Waals surface area contributed by atoms with Gasteiger partial charge in [0.2, 0.25) is 0 Å². The molecule has 0 spiro atoms. The molecule has 0 aromatic carbocycles. The van der Waals surface area contributed by atoms with Crippen LogP contribution in [0, 0.1) is 0 Å². The highest BCUT2D eigenvalue weighted by molar-refractivity contribution is 6.12. The van der Waals surface area contributed by atoms with E-state index in [-0.39, 0.29) is 17.2 Å². The van der Waals surface area contributed by atoms with Gasteiger partial charge in [-0.15, -0.1) is 0 Å². The Balaban J connectivity index is 2.63. The van der Waals surface area contributed by atoms with E-state index in [0.29, 0.717) is 0 Å². The van der Waals surface area contributed by atoms with Gasteiger partial charge in [-0.1, -0.05) is 0 Å². The largest absolute Gasteiger partial charge is 0.466 e. The molecule has 2 heterocycles. The first kappa shape index (κ1) is 13.6. The molecule has 0 radical (unpaired) electrons. The average Bonchev–Trinajstić information content (AvgIpc) is 2.44. The molecule has 9 nitrogen and oxygen atoms in total. The molecule has 0 aliphatic carbocycles. The zero-order valence-corrected chi connectivity index (χ0v) is 11.0. The highest BCUT2D eigenvalue weighted by Crippen LogP contribution is 2.22. The lowest BCUT2D eigenvalue weighted by atomic mass is 10.2. The van der Waals surface area contributed by atoms with Gasteiger partial charge in [0, 0.05) is 14.1 Å². The molecule has 1 aromatic heterocycles. The minimum absolute atomic E-state index is 0.00403. The van der Waals surface area contributed by atoms with E-state index in [2.05, 4.69) is 15.4 Å². The molecular weight excluding hydrogens is 268 g/mol. The number of nitrogens with zero attached hydrogens (tertiary/aromatic N) is 2. The first-order chi connectivity index (χ1) is 9.36. The van der Waals surface area contributed by atoms with Crippen molar-refractivity contribution in [1.29, 1.82) is 0 Å². The number of rotatable bonds is 1. The molecule has 0 atom stereocenters. The van der Waals surface area contributed by atoms with Crippen molar-refractivity contribution in [2.45, 2.75) is 0 Å². The summed E-state index contributed by atoms with van der Waals surface area (Å²) in [7, 11) is 3.89. The Morgan fingerprint density at radius 1 is 1.15 bits per heavy atom. The molecule has 106 valence electrons. The molecule has 0 saturated carbocycles. The fourth-order valence-electron chi connectivity index (χ4n) is 1.75. The molecule has 1 aliphatic heterocycles. The predicted molar refractivity (Wildman–Crippen MR) is 69.3 cm³/mol. The highest BCUT2D eigenvalue weighted by Gasteiger charge is 2.26. The van der Waals surface area contributed by atoms with Crippen LogP contribution in [0.4, 0.5) is 11.5 Å². The Morgan fingerprint density at radius 3 is 2.40 bits per heavy atom. The van der Waals surface area contributed by atoms with Crippen LogP contribution < -0.4 is 21.9 Å². The number of methoxy groups -OCH3 is 1. The van der Waals surface area contributed by atoms with Crippen molar-refractivity contribution in [3.05, 3.63) is 32.6 Å². The number of carbonyl (C=O) groups excluding carboxylic acids is 2. The fraction of sp³-hybridized carbons (Fsp3) is 0.273. The van der Waals surface area contributed by atoms with E-state index in [4.69, 9.17) is 0 Å². The Morgan fingerprint density at radius 2 is 1.80 bits per heavy atom. The van der Waals surface area contributed by atoms with Gasteiger partial charge in [-0.2, -0.15) is 0 Å². The Kier molecular flexibility index (Phi) is 3.18. The smallest absolute Gasteiger partial charge is 0.332 e. The second kappa shape index (κ2) is 4.68. The lowest BCUT2D eigenvalue weighted by Crippen LogP contribution is -2.43. The van der Waals surface area contributed by atoms with Crippen molar-refractivity contribution < 1.29 is 14.3 Å². The van der Waals surface area contributed by atoms with Crippen LogP contribution in [0.3, 0.4) is 0 Å². The summed E-state index contributed by atoms with van der Waals surface area (Å²) in [6, 6.07) is 0. The summed E-state index contributed by atoms with van der Waals surface area (Å²) in [5.41, 5.74) is -1.32. The van der Waals surface area contributed by atoms with Crippen LogP contribution in [0.25, 0.3) is 0 Å². The minimum atomic E-state index is -0.743. The summed E-state index contributed by atoms with van der Waals surface area (Å²) in [5, 5.41) is 4.93. The van der Waals surface area contributed by atoms with E-state index < -0.39 is 23.1 Å². The lowest BCUT2D eigenvalue weighted by molar-refractivity contribution is -0.135. The normalized spacial score (nSPS) is 15.3. The lowest BCUT2D eigenvalue weighted by Gasteiger charge is -2.22. The van der Waals surface area contributed by atoms with Gasteiger partial charge in [-0.3, -0.25) is 18.7 Å². The van der Waals surface area contributed by atoms with E-state index in [9.17, 15) is 19.2 Å². The third-order valence-electron chi connectivity index (χ3n) is 2.86. The zero-order chi connectivity index (χ0) is 15.0. The van der Waals surface area contributed by atoms with Gasteiger partial charge >= 0.3 is 11.7 Å². The van der Waals surface area contributed by atoms with Gasteiger partial charge in [0.1, 0.15) is 17.2 Å². The number of esters is 1. The maximum atomic E-state index is 12.0. The van der Waals surface area contributed by atoms with Crippen LogP contribution in [0.5, 0.6) is 0 Å². The van der Waals surface area contributed by atoms with E-state index in [1.165, 1.54) is 14.1 Å². The third kappa shape index (κ3) is 1.98. The molecule has 9 heteroatoms. The molecule has 2 N–H and O–H groups in total. The summed E-state index contributed by atoms with van der Waals surface area (Å²) < 4.78 is 6.42. The van der Waals surface area contributed by atoms with E-state index >= 15 is 0 Å².